The Balaban J connectivity index is 1.72. The molecule has 0 aromatic carbocycles. The lowest BCUT2D eigenvalue weighted by Gasteiger charge is -2.26. The first kappa shape index (κ1) is 21.5. The fraction of sp³-hybridized carbons (Fsp3) is 0.481. The zero-order valence-corrected chi connectivity index (χ0v) is 20.0. The Hall–Kier alpha value is -2.33. The van der Waals surface area contributed by atoms with Crippen molar-refractivity contribution in [1.82, 2.24) is 9.97 Å². The second-order valence-electron chi connectivity index (χ2n) is 9.60. The maximum atomic E-state index is 6.51. The summed E-state index contributed by atoms with van der Waals surface area (Å²) >= 11 is 6.39. The Morgan fingerprint density at radius 2 is 1.94 bits per heavy atom. The van der Waals surface area contributed by atoms with Crippen LogP contribution in [0, 0.1) is 11.8 Å². The first-order valence-electron chi connectivity index (χ1n) is 12.0. The highest BCUT2D eigenvalue weighted by molar-refractivity contribution is 6.33. The average molecular weight is 453 g/mol. The van der Waals surface area contributed by atoms with Gasteiger partial charge < -0.3 is 19.1 Å². The molecule has 6 rings (SSSR count). The fourth-order valence-corrected chi connectivity index (χ4v) is 5.98. The van der Waals surface area contributed by atoms with Crippen molar-refractivity contribution in [1.29, 1.82) is 0 Å². The van der Waals surface area contributed by atoms with Gasteiger partial charge in [-0.25, -0.2) is 0 Å². The van der Waals surface area contributed by atoms with E-state index in [-0.39, 0.29) is 0 Å². The third-order valence-corrected chi connectivity index (χ3v) is 7.52. The van der Waals surface area contributed by atoms with Crippen LogP contribution in [0.15, 0.2) is 28.8 Å². The highest BCUT2D eigenvalue weighted by Gasteiger charge is 2.39. The van der Waals surface area contributed by atoms with Crippen molar-refractivity contribution in [2.45, 2.75) is 64.7 Å². The summed E-state index contributed by atoms with van der Waals surface area (Å²) in [6, 6.07) is 6.19. The number of aromatic amines is 2. The van der Waals surface area contributed by atoms with Gasteiger partial charge in [-0.3, -0.25) is 0 Å². The minimum Gasteiger partial charge on any atom is -0.493 e. The summed E-state index contributed by atoms with van der Waals surface area (Å²) in [6.07, 6.45) is 12.9. The Morgan fingerprint density at radius 3 is 2.69 bits per heavy atom. The van der Waals surface area contributed by atoms with Crippen LogP contribution in [0.4, 0.5) is 0 Å². The van der Waals surface area contributed by atoms with Crippen molar-refractivity contribution in [3.05, 3.63) is 51.4 Å². The van der Waals surface area contributed by atoms with Gasteiger partial charge in [0.05, 0.1) is 12.1 Å². The molecule has 3 aromatic heterocycles. The van der Waals surface area contributed by atoms with Crippen molar-refractivity contribution in [3.63, 3.8) is 0 Å². The molecule has 32 heavy (non-hydrogen) atoms. The molecule has 170 valence electrons. The molecule has 2 aliphatic carbocycles. The number of H-pyrrole nitrogens is 2. The number of hydrogen-bond donors (Lipinski definition) is 2. The predicted molar refractivity (Wildman–Crippen MR) is 130 cm³/mol. The number of aromatic nitrogens is 2. The number of hydrogen-bond acceptors (Lipinski definition) is 2. The van der Waals surface area contributed by atoms with Crippen molar-refractivity contribution >= 4 is 23.3 Å². The number of methoxy groups -OCH3 is 1. The Kier molecular flexibility index (Phi) is 5.98. The lowest BCUT2D eigenvalue weighted by molar-refractivity contribution is 0.372. The van der Waals surface area contributed by atoms with Crippen LogP contribution in [0.1, 0.15) is 76.0 Å². The molecule has 5 heteroatoms. The molecule has 0 radical (unpaired) electrons. The molecule has 0 fully saturated rings. The standard InChI is InChI=1S/C27H33ClN2O2/c1-16(2)23-18-11-9-7-5-4-6-8-10-17-14-19(23)25(30-17)24(18)27-22(31-3)15-21(32-27)26-20(28)12-13-29-26/h10,12-16,18,23,29-30H,4-9,11H2,1-3H3/b17-10+/t18-,23-/m1/s1. The summed E-state index contributed by atoms with van der Waals surface area (Å²) in [5.41, 5.74) is 3.49. The van der Waals surface area contributed by atoms with Crippen molar-refractivity contribution in [2.24, 2.45) is 11.8 Å². The van der Waals surface area contributed by atoms with Crippen molar-refractivity contribution in [2.75, 3.05) is 7.11 Å². The largest absolute Gasteiger partial charge is 0.493 e. The molecule has 4 heterocycles. The van der Waals surface area contributed by atoms with Gasteiger partial charge in [0.25, 0.3) is 0 Å². The molecule has 1 aliphatic heterocycles. The highest BCUT2D eigenvalue weighted by atomic mass is 35.5. The van der Waals surface area contributed by atoms with Crippen LogP contribution < -0.4 is 15.4 Å². The van der Waals surface area contributed by atoms with Gasteiger partial charge in [0, 0.05) is 28.5 Å². The first-order valence-corrected chi connectivity index (χ1v) is 12.4. The van der Waals surface area contributed by atoms with Gasteiger partial charge in [-0.1, -0.05) is 57.2 Å². The second-order valence-corrected chi connectivity index (χ2v) is 10.0. The Labute approximate surface area is 194 Å². The third-order valence-electron chi connectivity index (χ3n) is 7.21. The van der Waals surface area contributed by atoms with Crippen LogP contribution >= 0.6 is 11.6 Å². The molecule has 0 saturated carbocycles. The van der Waals surface area contributed by atoms with Gasteiger partial charge in [0.2, 0.25) is 0 Å². The summed E-state index contributed by atoms with van der Waals surface area (Å²) < 4.78 is 12.3. The van der Waals surface area contributed by atoms with Crippen LogP contribution in [0.3, 0.4) is 0 Å². The van der Waals surface area contributed by atoms with Gasteiger partial charge in [-0.05, 0) is 54.7 Å². The zero-order chi connectivity index (χ0) is 22.2. The van der Waals surface area contributed by atoms with Gasteiger partial charge in [0.1, 0.15) is 5.69 Å². The number of fused-ring (bicyclic) bond motifs is 7. The summed E-state index contributed by atoms with van der Waals surface area (Å²) in [5, 5.41) is 3.11. The van der Waals surface area contributed by atoms with E-state index in [4.69, 9.17) is 20.8 Å². The average Bonchev–Trinajstić information content (AvgIpc) is 3.51. The quantitative estimate of drug-likeness (QED) is 0.484. The molecule has 2 N–H and O–H groups in total. The molecule has 3 aromatic rings. The molecule has 4 nitrogen and oxygen atoms in total. The summed E-state index contributed by atoms with van der Waals surface area (Å²) in [4.78, 5) is 6.96. The topological polar surface area (TPSA) is 53.9 Å². The van der Waals surface area contributed by atoms with Crippen molar-refractivity contribution < 1.29 is 9.15 Å². The van der Waals surface area contributed by atoms with Crippen molar-refractivity contribution in [3.8, 4) is 17.2 Å². The van der Waals surface area contributed by atoms with Crippen LogP contribution in [-0.4, -0.2) is 17.1 Å². The minimum absolute atomic E-state index is 0.415. The predicted octanol–water partition coefficient (Wildman–Crippen LogP) is 6.36. The summed E-state index contributed by atoms with van der Waals surface area (Å²) in [7, 11) is 1.72. The van der Waals surface area contributed by atoms with E-state index in [2.05, 4.69) is 36.0 Å². The number of ether oxygens (including phenoxy) is 1. The molecule has 0 unspecified atom stereocenters. The first-order chi connectivity index (χ1) is 15.6. The highest BCUT2D eigenvalue weighted by Crippen LogP contribution is 2.48. The van der Waals surface area contributed by atoms with Gasteiger partial charge in [-0.15, -0.1) is 0 Å². The van der Waals surface area contributed by atoms with Gasteiger partial charge >= 0.3 is 0 Å². The van der Waals surface area contributed by atoms with E-state index in [1.165, 1.54) is 60.4 Å². The van der Waals surface area contributed by atoms with E-state index in [1.807, 2.05) is 18.3 Å². The monoisotopic (exact) mass is 452 g/mol. The normalized spacial score (nSPS) is 22.4. The SMILES string of the molecule is COc1cc(-c2[nH]ccc2Cl)oc1C1=c2[nH]/c3cc2[C@H](C(C)C)[C@H]1CCCCCCC\C=3. The lowest BCUT2D eigenvalue weighted by atomic mass is 9.77. The number of halogens is 1. The van der Waals surface area contributed by atoms with Crippen LogP contribution in [0.5, 0.6) is 5.75 Å². The molecular formula is C27H33ClN2O2. The van der Waals surface area contributed by atoms with E-state index in [0.29, 0.717) is 28.5 Å². The zero-order valence-electron chi connectivity index (χ0n) is 19.3. The third kappa shape index (κ3) is 3.73. The fourth-order valence-electron chi connectivity index (χ4n) is 5.77. The molecule has 0 spiro atoms. The second kappa shape index (κ2) is 8.90. The number of rotatable bonds is 4. The summed E-state index contributed by atoms with van der Waals surface area (Å²) in [5.74, 6) is 3.76. The molecule has 3 aliphatic rings. The molecule has 0 saturated heterocycles. The van der Waals surface area contributed by atoms with E-state index in [0.717, 1.165) is 23.6 Å². The Bertz CT molecular complexity index is 1210. The molecular weight excluding hydrogens is 420 g/mol. The van der Waals surface area contributed by atoms with Gasteiger partial charge in [0.15, 0.2) is 17.3 Å². The minimum atomic E-state index is 0.415. The number of furan rings is 1. The maximum Gasteiger partial charge on any atom is 0.175 e. The van der Waals surface area contributed by atoms with Crippen LogP contribution in [0.2, 0.25) is 5.02 Å². The Morgan fingerprint density at radius 1 is 1.12 bits per heavy atom. The van der Waals surface area contributed by atoms with E-state index < -0.39 is 0 Å². The van der Waals surface area contributed by atoms with E-state index in [1.54, 1.807) is 7.11 Å². The van der Waals surface area contributed by atoms with Crippen LogP contribution in [0.25, 0.3) is 23.1 Å². The van der Waals surface area contributed by atoms with E-state index >= 15 is 0 Å². The number of nitrogens with one attached hydrogen (secondary N) is 2. The van der Waals surface area contributed by atoms with Crippen LogP contribution in [-0.2, 0) is 0 Å². The summed E-state index contributed by atoms with van der Waals surface area (Å²) in [6.45, 7) is 4.70. The molecule has 4 bridgehead atoms. The van der Waals surface area contributed by atoms with E-state index in [9.17, 15) is 0 Å². The molecule has 0 amide bonds. The lowest BCUT2D eigenvalue weighted by Crippen LogP contribution is -2.17. The maximum absolute atomic E-state index is 6.51. The molecule has 2 atom stereocenters. The van der Waals surface area contributed by atoms with Gasteiger partial charge in [-0.2, -0.15) is 0 Å². The smallest absolute Gasteiger partial charge is 0.175 e.